The lowest BCUT2D eigenvalue weighted by atomic mass is 10.1. The van der Waals surface area contributed by atoms with Crippen molar-refractivity contribution in [3.05, 3.63) is 59.2 Å². The number of nitrogens with zero attached hydrogens (tertiary/aromatic N) is 1. The highest BCUT2D eigenvalue weighted by Crippen LogP contribution is 2.31. The fraction of sp³-hybridized carbons (Fsp3) is 0.263. The zero-order valence-corrected chi connectivity index (χ0v) is 14.0. The summed E-state index contributed by atoms with van der Waals surface area (Å²) in [6.45, 7) is 4.07. The number of benzene rings is 2. The van der Waals surface area contributed by atoms with Gasteiger partial charge in [-0.1, -0.05) is 18.2 Å². The molecule has 1 aliphatic rings. The summed E-state index contributed by atoms with van der Waals surface area (Å²) in [6, 6.07) is 8.56. The van der Waals surface area contributed by atoms with Crippen molar-refractivity contribution >= 4 is 23.2 Å². The Morgan fingerprint density at radius 2 is 1.72 bits per heavy atom. The van der Waals surface area contributed by atoms with Crippen LogP contribution >= 0.6 is 0 Å². The first-order valence-corrected chi connectivity index (χ1v) is 7.98. The van der Waals surface area contributed by atoms with Crippen molar-refractivity contribution in [2.75, 3.05) is 16.8 Å². The summed E-state index contributed by atoms with van der Waals surface area (Å²) >= 11 is 0. The molecule has 0 aromatic heterocycles. The van der Waals surface area contributed by atoms with Crippen LogP contribution < -0.4 is 10.2 Å². The van der Waals surface area contributed by atoms with E-state index in [1.54, 1.807) is 4.90 Å². The predicted octanol–water partition coefficient (Wildman–Crippen LogP) is 3.57. The average Bonchev–Trinajstić information content (AvgIpc) is 2.88. The molecule has 6 heteroatoms. The third kappa shape index (κ3) is 3.52. The molecule has 2 amide bonds. The van der Waals surface area contributed by atoms with Crippen LogP contribution in [0.2, 0.25) is 0 Å². The van der Waals surface area contributed by atoms with Crippen LogP contribution in [0, 0.1) is 31.4 Å². The van der Waals surface area contributed by atoms with Gasteiger partial charge in [0.1, 0.15) is 11.6 Å². The highest BCUT2D eigenvalue weighted by molar-refractivity contribution is 6.04. The number of carbonyl (C=O) groups excluding carboxylic acids is 2. The van der Waals surface area contributed by atoms with E-state index in [9.17, 15) is 18.4 Å². The zero-order valence-electron chi connectivity index (χ0n) is 14.0. The molecular weight excluding hydrogens is 326 g/mol. The van der Waals surface area contributed by atoms with Crippen molar-refractivity contribution in [2.24, 2.45) is 5.92 Å². The van der Waals surface area contributed by atoms with E-state index < -0.39 is 23.5 Å². The number of anilines is 2. The average molecular weight is 344 g/mol. The van der Waals surface area contributed by atoms with Gasteiger partial charge in [0.25, 0.3) is 0 Å². The van der Waals surface area contributed by atoms with Crippen molar-refractivity contribution in [2.45, 2.75) is 20.3 Å². The lowest BCUT2D eigenvalue weighted by Gasteiger charge is -2.21. The van der Waals surface area contributed by atoms with Gasteiger partial charge in [-0.15, -0.1) is 0 Å². The maximum atomic E-state index is 13.2. The number of hydrogen-bond acceptors (Lipinski definition) is 2. The number of halogens is 2. The van der Waals surface area contributed by atoms with Crippen LogP contribution in [0.3, 0.4) is 0 Å². The molecule has 0 spiro atoms. The molecule has 0 bridgehead atoms. The van der Waals surface area contributed by atoms with Crippen LogP contribution in [0.15, 0.2) is 36.4 Å². The highest BCUT2D eigenvalue weighted by Gasteiger charge is 2.36. The summed E-state index contributed by atoms with van der Waals surface area (Å²) in [5.74, 6) is -2.67. The molecular formula is C19H18F2N2O2. The topological polar surface area (TPSA) is 49.4 Å². The Hall–Kier alpha value is -2.76. The summed E-state index contributed by atoms with van der Waals surface area (Å²) in [7, 11) is 0. The molecule has 4 nitrogen and oxygen atoms in total. The van der Waals surface area contributed by atoms with Gasteiger partial charge >= 0.3 is 0 Å². The first kappa shape index (κ1) is 17.1. The third-order valence-electron chi connectivity index (χ3n) is 4.34. The minimum Gasteiger partial charge on any atom is -0.326 e. The lowest BCUT2D eigenvalue weighted by molar-refractivity contribution is -0.122. The fourth-order valence-corrected chi connectivity index (χ4v) is 3.20. The first-order chi connectivity index (χ1) is 11.8. The van der Waals surface area contributed by atoms with Crippen LogP contribution in [0.4, 0.5) is 20.2 Å². The molecule has 0 aliphatic carbocycles. The van der Waals surface area contributed by atoms with Crippen molar-refractivity contribution in [3.63, 3.8) is 0 Å². The van der Waals surface area contributed by atoms with Gasteiger partial charge in [0.05, 0.1) is 5.92 Å². The third-order valence-corrected chi connectivity index (χ3v) is 4.34. The molecule has 1 aliphatic heterocycles. The monoisotopic (exact) mass is 344 g/mol. The van der Waals surface area contributed by atoms with Crippen molar-refractivity contribution in [1.82, 2.24) is 0 Å². The Kier molecular flexibility index (Phi) is 4.53. The Labute approximate surface area is 144 Å². The van der Waals surface area contributed by atoms with Crippen molar-refractivity contribution in [3.8, 4) is 0 Å². The molecule has 2 aromatic rings. The van der Waals surface area contributed by atoms with Crippen LogP contribution in [0.5, 0.6) is 0 Å². The van der Waals surface area contributed by atoms with Crippen LogP contribution in [0.25, 0.3) is 0 Å². The van der Waals surface area contributed by atoms with E-state index in [1.165, 1.54) is 0 Å². The number of para-hydroxylation sites is 1. The van der Waals surface area contributed by atoms with E-state index >= 15 is 0 Å². The van der Waals surface area contributed by atoms with E-state index in [-0.39, 0.29) is 24.6 Å². The summed E-state index contributed by atoms with van der Waals surface area (Å²) in [4.78, 5) is 26.4. The number of amides is 2. The molecule has 0 saturated carbocycles. The normalized spacial score (nSPS) is 17.0. The highest BCUT2D eigenvalue weighted by atomic mass is 19.1. The molecule has 3 rings (SSSR count). The molecule has 2 aromatic carbocycles. The Morgan fingerprint density at radius 1 is 1.12 bits per heavy atom. The molecule has 0 radical (unpaired) electrons. The van der Waals surface area contributed by atoms with E-state index in [0.29, 0.717) is 0 Å². The first-order valence-electron chi connectivity index (χ1n) is 7.98. The van der Waals surface area contributed by atoms with Crippen molar-refractivity contribution in [1.29, 1.82) is 0 Å². The molecule has 25 heavy (non-hydrogen) atoms. The molecule has 1 unspecified atom stereocenters. The molecule has 1 N–H and O–H groups in total. The van der Waals surface area contributed by atoms with Gasteiger partial charge in [0, 0.05) is 30.4 Å². The Morgan fingerprint density at radius 3 is 2.32 bits per heavy atom. The molecule has 1 fully saturated rings. The summed E-state index contributed by atoms with van der Waals surface area (Å²) in [6.07, 6.45) is 0.0669. The van der Waals surface area contributed by atoms with Gasteiger partial charge in [0.2, 0.25) is 11.8 Å². The second kappa shape index (κ2) is 6.63. The number of aryl methyl sites for hydroxylation is 2. The maximum Gasteiger partial charge on any atom is 0.229 e. The molecule has 1 heterocycles. The van der Waals surface area contributed by atoms with Gasteiger partial charge in [-0.3, -0.25) is 9.59 Å². The van der Waals surface area contributed by atoms with Gasteiger partial charge < -0.3 is 10.2 Å². The summed E-state index contributed by atoms with van der Waals surface area (Å²) in [5, 5.41) is 2.49. The second-order valence-electron chi connectivity index (χ2n) is 6.29. The zero-order chi connectivity index (χ0) is 18.1. The van der Waals surface area contributed by atoms with Gasteiger partial charge in [-0.05, 0) is 37.1 Å². The fourth-order valence-electron chi connectivity index (χ4n) is 3.20. The quantitative estimate of drug-likeness (QED) is 0.925. The van der Waals surface area contributed by atoms with Crippen LogP contribution in [0.1, 0.15) is 17.5 Å². The maximum absolute atomic E-state index is 13.2. The van der Waals surface area contributed by atoms with Gasteiger partial charge in [0.15, 0.2) is 0 Å². The van der Waals surface area contributed by atoms with Crippen molar-refractivity contribution < 1.29 is 18.4 Å². The largest absolute Gasteiger partial charge is 0.326 e. The Balaban J connectivity index is 1.77. The van der Waals surface area contributed by atoms with Crippen LogP contribution in [-0.4, -0.2) is 18.4 Å². The minimum absolute atomic E-state index is 0.0421. The number of carbonyl (C=O) groups is 2. The molecule has 1 atom stereocenters. The number of hydrogen-bond donors (Lipinski definition) is 1. The lowest BCUT2D eigenvalue weighted by Crippen LogP contribution is -2.29. The standard InChI is InChI=1S/C19H18F2N2O2/c1-11-4-3-5-12(2)18(11)23-10-13(6-17(23)24)19(25)22-16-8-14(20)7-15(21)9-16/h3-5,7-9,13H,6,10H2,1-2H3,(H,22,25). The number of nitrogens with one attached hydrogen (secondary N) is 1. The summed E-state index contributed by atoms with van der Waals surface area (Å²) in [5.41, 5.74) is 2.78. The van der Waals surface area contributed by atoms with E-state index in [2.05, 4.69) is 5.32 Å². The van der Waals surface area contributed by atoms with E-state index in [1.807, 2.05) is 32.0 Å². The SMILES string of the molecule is Cc1cccc(C)c1N1CC(C(=O)Nc2cc(F)cc(F)c2)CC1=O. The van der Waals surface area contributed by atoms with Gasteiger partial charge in [-0.2, -0.15) is 0 Å². The smallest absolute Gasteiger partial charge is 0.229 e. The Bertz CT molecular complexity index is 811. The van der Waals surface area contributed by atoms with E-state index in [4.69, 9.17) is 0 Å². The minimum atomic E-state index is -0.769. The van der Waals surface area contributed by atoms with E-state index in [0.717, 1.165) is 35.0 Å². The second-order valence-corrected chi connectivity index (χ2v) is 6.29. The molecule has 1 saturated heterocycles. The van der Waals surface area contributed by atoms with Gasteiger partial charge in [-0.25, -0.2) is 8.78 Å². The number of rotatable bonds is 3. The van der Waals surface area contributed by atoms with Crippen LogP contribution in [-0.2, 0) is 9.59 Å². The summed E-state index contributed by atoms with van der Waals surface area (Å²) < 4.78 is 26.5. The predicted molar refractivity (Wildman–Crippen MR) is 91.4 cm³/mol. The molecule has 130 valence electrons.